The fourth-order valence-corrected chi connectivity index (χ4v) is 1.19. The lowest BCUT2D eigenvalue weighted by atomic mass is 10.1. The van der Waals surface area contributed by atoms with Crippen molar-refractivity contribution in [2.45, 2.75) is 6.10 Å². The molecule has 0 fully saturated rings. The number of rotatable bonds is 2. The van der Waals surface area contributed by atoms with E-state index in [1.54, 1.807) is 0 Å². The van der Waals surface area contributed by atoms with E-state index < -0.39 is 29.3 Å². The summed E-state index contributed by atoms with van der Waals surface area (Å²) in [4.78, 5) is 10.3. The molecule has 2 N–H and O–H groups in total. The van der Waals surface area contributed by atoms with Crippen molar-refractivity contribution in [3.8, 4) is 0 Å². The molecule has 0 saturated carbocycles. The number of benzene rings is 1. The monoisotopic (exact) mass is 266 g/mol. The quantitative estimate of drug-likeness (QED) is 0.804. The van der Waals surface area contributed by atoms with Crippen LogP contribution in [0.5, 0.6) is 0 Å². The normalized spacial score (nSPS) is 12.6. The van der Waals surface area contributed by atoms with Gasteiger partial charge < -0.3 is 10.2 Å². The van der Waals surface area contributed by atoms with Crippen LogP contribution in [-0.2, 0) is 4.79 Å². The summed E-state index contributed by atoms with van der Waals surface area (Å²) in [6, 6.07) is 2.13. The number of hydrogen-bond acceptors (Lipinski definition) is 2. The van der Waals surface area contributed by atoms with Crippen molar-refractivity contribution >= 4 is 21.9 Å². The average Bonchev–Trinajstić information content (AvgIpc) is 2.13. The third-order valence-corrected chi connectivity index (χ3v) is 2.21. The molecular weight excluding hydrogens is 262 g/mol. The van der Waals surface area contributed by atoms with E-state index in [9.17, 15) is 13.6 Å². The molecule has 1 aromatic rings. The molecule has 6 heteroatoms. The maximum Gasteiger partial charge on any atom is 0.337 e. The predicted molar refractivity (Wildman–Crippen MR) is 46.7 cm³/mol. The average molecular weight is 267 g/mol. The van der Waals surface area contributed by atoms with Crippen LogP contribution in [0.2, 0.25) is 0 Å². The third kappa shape index (κ3) is 1.91. The molecule has 0 saturated heterocycles. The van der Waals surface area contributed by atoms with Crippen LogP contribution in [0.25, 0.3) is 0 Å². The minimum atomic E-state index is -2.06. The lowest BCUT2D eigenvalue weighted by Crippen LogP contribution is -2.13. The van der Waals surface area contributed by atoms with E-state index in [-0.39, 0.29) is 4.47 Å². The second-order valence-electron chi connectivity index (χ2n) is 2.51. The van der Waals surface area contributed by atoms with Crippen LogP contribution in [0, 0.1) is 11.6 Å². The lowest BCUT2D eigenvalue weighted by Gasteiger charge is -2.07. The number of carbonyl (C=O) groups is 1. The van der Waals surface area contributed by atoms with Gasteiger partial charge in [0.1, 0.15) is 0 Å². The Kier molecular flexibility index (Phi) is 3.17. The Morgan fingerprint density at radius 2 is 1.93 bits per heavy atom. The Morgan fingerprint density at radius 3 is 2.43 bits per heavy atom. The van der Waals surface area contributed by atoms with E-state index in [1.165, 1.54) is 0 Å². The maximum atomic E-state index is 13.0. The minimum Gasteiger partial charge on any atom is -0.479 e. The summed E-state index contributed by atoms with van der Waals surface area (Å²) in [7, 11) is 0. The number of carboxylic acid groups (broad SMARTS) is 1. The largest absolute Gasteiger partial charge is 0.479 e. The van der Waals surface area contributed by atoms with Gasteiger partial charge in [0.2, 0.25) is 0 Å². The Hall–Kier alpha value is -1.01. The number of hydrogen-bond donors (Lipinski definition) is 2. The standard InChI is InChI=1S/C8H5BrF2O3/c9-4-2-1-3(5(10)6(4)11)7(12)8(13)14/h1-2,7,12H,(H,13,14)/t7-/m0/s1. The Bertz CT molecular complexity index is 381. The third-order valence-electron chi connectivity index (χ3n) is 1.59. The lowest BCUT2D eigenvalue weighted by molar-refractivity contribution is -0.147. The smallest absolute Gasteiger partial charge is 0.337 e. The van der Waals surface area contributed by atoms with Gasteiger partial charge in [0.05, 0.1) is 4.47 Å². The second-order valence-corrected chi connectivity index (χ2v) is 3.36. The molecule has 0 aliphatic carbocycles. The highest BCUT2D eigenvalue weighted by atomic mass is 79.9. The SMILES string of the molecule is O=C(O)[C@@H](O)c1ccc(Br)c(F)c1F. The van der Waals surface area contributed by atoms with Gasteiger partial charge in [-0.25, -0.2) is 13.6 Å². The van der Waals surface area contributed by atoms with Crippen molar-refractivity contribution in [1.82, 2.24) is 0 Å². The molecule has 0 heterocycles. The van der Waals surface area contributed by atoms with Crippen LogP contribution >= 0.6 is 15.9 Å². The van der Waals surface area contributed by atoms with Crippen molar-refractivity contribution in [2.24, 2.45) is 0 Å². The van der Waals surface area contributed by atoms with Gasteiger partial charge in [-0.05, 0) is 22.0 Å². The number of aliphatic hydroxyl groups is 1. The first-order valence-electron chi connectivity index (χ1n) is 3.49. The molecule has 0 aliphatic heterocycles. The van der Waals surface area contributed by atoms with Gasteiger partial charge >= 0.3 is 5.97 Å². The highest BCUT2D eigenvalue weighted by Gasteiger charge is 2.23. The fourth-order valence-electron chi connectivity index (χ4n) is 0.885. The van der Waals surface area contributed by atoms with Crippen molar-refractivity contribution in [2.75, 3.05) is 0 Å². The highest BCUT2D eigenvalue weighted by Crippen LogP contribution is 2.25. The van der Waals surface area contributed by atoms with Crippen molar-refractivity contribution in [3.05, 3.63) is 33.8 Å². The van der Waals surface area contributed by atoms with E-state index in [1.807, 2.05) is 0 Å². The summed E-state index contributed by atoms with van der Waals surface area (Å²) < 4.78 is 25.8. The van der Waals surface area contributed by atoms with E-state index in [2.05, 4.69) is 15.9 Å². The van der Waals surface area contributed by atoms with Gasteiger partial charge in [0.15, 0.2) is 17.7 Å². The van der Waals surface area contributed by atoms with Crippen molar-refractivity contribution in [3.63, 3.8) is 0 Å². The molecule has 1 aromatic carbocycles. The first-order valence-corrected chi connectivity index (χ1v) is 4.28. The summed E-state index contributed by atoms with van der Waals surface area (Å²) in [5, 5.41) is 17.3. The van der Waals surface area contributed by atoms with Crippen LogP contribution < -0.4 is 0 Å². The van der Waals surface area contributed by atoms with Gasteiger partial charge in [0, 0.05) is 5.56 Å². The molecule has 14 heavy (non-hydrogen) atoms. The molecule has 0 bridgehead atoms. The number of halogens is 3. The van der Waals surface area contributed by atoms with Gasteiger partial charge in [-0.15, -0.1) is 0 Å². The molecule has 0 radical (unpaired) electrons. The fraction of sp³-hybridized carbons (Fsp3) is 0.125. The number of carboxylic acids is 1. The van der Waals surface area contributed by atoms with Crippen molar-refractivity contribution in [1.29, 1.82) is 0 Å². The molecule has 0 amide bonds. The van der Waals surface area contributed by atoms with E-state index >= 15 is 0 Å². The zero-order valence-corrected chi connectivity index (χ0v) is 8.25. The molecule has 3 nitrogen and oxygen atoms in total. The molecule has 1 rings (SSSR count). The van der Waals surface area contributed by atoms with Crippen LogP contribution in [0.15, 0.2) is 16.6 Å². The highest BCUT2D eigenvalue weighted by molar-refractivity contribution is 9.10. The summed E-state index contributed by atoms with van der Waals surface area (Å²) in [6.07, 6.45) is -2.06. The van der Waals surface area contributed by atoms with Crippen molar-refractivity contribution < 1.29 is 23.8 Å². The number of aliphatic hydroxyl groups excluding tert-OH is 1. The number of aliphatic carboxylic acids is 1. The zero-order valence-electron chi connectivity index (χ0n) is 6.67. The van der Waals surface area contributed by atoms with E-state index in [4.69, 9.17) is 10.2 Å². The first kappa shape index (κ1) is 11.1. The maximum absolute atomic E-state index is 13.0. The van der Waals surface area contributed by atoms with E-state index in [0.717, 1.165) is 12.1 Å². The Balaban J connectivity index is 3.24. The van der Waals surface area contributed by atoms with Crippen LogP contribution in [0.3, 0.4) is 0 Å². The van der Waals surface area contributed by atoms with Crippen LogP contribution in [0.1, 0.15) is 11.7 Å². The first-order chi connectivity index (χ1) is 6.45. The van der Waals surface area contributed by atoms with E-state index in [0.29, 0.717) is 0 Å². The van der Waals surface area contributed by atoms with Crippen LogP contribution in [-0.4, -0.2) is 16.2 Å². The minimum absolute atomic E-state index is 0.128. The van der Waals surface area contributed by atoms with Gasteiger partial charge in [-0.2, -0.15) is 0 Å². The molecule has 0 unspecified atom stereocenters. The van der Waals surface area contributed by atoms with Crippen LogP contribution in [0.4, 0.5) is 8.78 Å². The Morgan fingerprint density at radius 1 is 1.36 bits per heavy atom. The van der Waals surface area contributed by atoms with Gasteiger partial charge in [-0.1, -0.05) is 6.07 Å². The molecule has 0 spiro atoms. The van der Waals surface area contributed by atoms with Gasteiger partial charge in [0.25, 0.3) is 0 Å². The molecule has 0 aromatic heterocycles. The predicted octanol–water partition coefficient (Wildman–Crippen LogP) is 1.85. The Labute approximate surface area is 86.1 Å². The molecular formula is C8H5BrF2O3. The zero-order chi connectivity index (χ0) is 10.9. The second kappa shape index (κ2) is 4.02. The summed E-state index contributed by atoms with van der Waals surface area (Å²) in [5.74, 6) is -4.22. The van der Waals surface area contributed by atoms with Gasteiger partial charge in [-0.3, -0.25) is 0 Å². The summed E-state index contributed by atoms with van der Waals surface area (Å²) in [5.41, 5.74) is -0.599. The summed E-state index contributed by atoms with van der Waals surface area (Å²) in [6.45, 7) is 0. The molecule has 0 aliphatic rings. The summed E-state index contributed by atoms with van der Waals surface area (Å²) >= 11 is 2.72. The molecule has 1 atom stereocenters. The molecule has 76 valence electrons. The topological polar surface area (TPSA) is 57.5 Å².